The first-order valence-electron chi connectivity index (χ1n) is 7.34. The molecule has 1 aromatic carbocycles. The zero-order chi connectivity index (χ0) is 14.8. The van der Waals surface area contributed by atoms with Gasteiger partial charge in [-0.3, -0.25) is 4.68 Å². The summed E-state index contributed by atoms with van der Waals surface area (Å²) in [5.41, 5.74) is 3.60. The van der Waals surface area contributed by atoms with E-state index < -0.39 is 0 Å². The molecular weight excluding hydrogens is 330 g/mol. The minimum Gasteiger partial charge on any atom is -0.488 e. The van der Waals surface area contributed by atoms with Crippen LogP contribution in [0.15, 0.2) is 28.7 Å². The van der Waals surface area contributed by atoms with Crippen molar-refractivity contribution in [3.05, 3.63) is 45.7 Å². The number of benzene rings is 1. The van der Waals surface area contributed by atoms with E-state index in [9.17, 15) is 0 Å². The summed E-state index contributed by atoms with van der Waals surface area (Å²) >= 11 is 3.64. The number of hydrogen-bond acceptors (Lipinski definition) is 3. The van der Waals surface area contributed by atoms with Crippen LogP contribution in [-0.2, 0) is 26.4 Å². The molecule has 1 aromatic heterocycles. The molecule has 0 fully saturated rings. The number of aromatic nitrogens is 2. The fraction of sp³-hybridized carbons (Fsp3) is 0.438. The van der Waals surface area contributed by atoms with Gasteiger partial charge >= 0.3 is 0 Å². The molecule has 0 bridgehead atoms. The molecule has 0 saturated heterocycles. The van der Waals surface area contributed by atoms with Crippen LogP contribution in [0.5, 0.6) is 5.75 Å². The van der Waals surface area contributed by atoms with Crippen molar-refractivity contribution in [2.45, 2.75) is 32.4 Å². The van der Waals surface area contributed by atoms with E-state index in [1.165, 1.54) is 11.3 Å². The van der Waals surface area contributed by atoms with Crippen molar-refractivity contribution < 1.29 is 4.74 Å². The molecule has 2 heterocycles. The Morgan fingerprint density at radius 3 is 2.95 bits per heavy atom. The van der Waals surface area contributed by atoms with Gasteiger partial charge in [-0.15, -0.1) is 0 Å². The minimum atomic E-state index is 0.222. The third-order valence-electron chi connectivity index (χ3n) is 3.88. The fourth-order valence-electron chi connectivity index (χ4n) is 2.73. The molecule has 5 heteroatoms. The molecule has 0 radical (unpaired) electrons. The van der Waals surface area contributed by atoms with E-state index >= 15 is 0 Å². The molecule has 21 heavy (non-hydrogen) atoms. The monoisotopic (exact) mass is 349 g/mol. The number of hydrogen-bond donors (Lipinski definition) is 1. The summed E-state index contributed by atoms with van der Waals surface area (Å²) in [5, 5.41) is 7.99. The van der Waals surface area contributed by atoms with Gasteiger partial charge in [-0.1, -0.05) is 25.1 Å². The van der Waals surface area contributed by atoms with Crippen molar-refractivity contribution in [2.24, 2.45) is 7.05 Å². The molecule has 0 spiro atoms. The van der Waals surface area contributed by atoms with Crippen LogP contribution in [-0.4, -0.2) is 22.4 Å². The van der Waals surface area contributed by atoms with Gasteiger partial charge in [-0.25, -0.2) is 0 Å². The number of rotatable bonds is 5. The smallest absolute Gasteiger partial charge is 0.123 e. The van der Waals surface area contributed by atoms with Gasteiger partial charge < -0.3 is 10.1 Å². The van der Waals surface area contributed by atoms with Crippen molar-refractivity contribution in [1.82, 2.24) is 15.1 Å². The zero-order valence-electron chi connectivity index (χ0n) is 12.4. The minimum absolute atomic E-state index is 0.222. The molecular formula is C16H20BrN3O. The van der Waals surface area contributed by atoms with E-state index in [4.69, 9.17) is 4.74 Å². The number of para-hydroxylation sites is 1. The lowest BCUT2D eigenvalue weighted by Gasteiger charge is -2.12. The van der Waals surface area contributed by atoms with E-state index in [1.807, 2.05) is 23.9 Å². The predicted molar refractivity (Wildman–Crippen MR) is 86.6 cm³/mol. The Labute approximate surface area is 133 Å². The maximum Gasteiger partial charge on any atom is 0.123 e. The normalized spacial score (nSPS) is 16.8. The summed E-state index contributed by atoms with van der Waals surface area (Å²) in [6, 6.07) is 8.27. The summed E-state index contributed by atoms with van der Waals surface area (Å²) < 4.78 is 9.00. The van der Waals surface area contributed by atoms with Gasteiger partial charge in [-0.05, 0) is 34.0 Å². The second-order valence-electron chi connectivity index (χ2n) is 5.37. The average molecular weight is 350 g/mol. The Morgan fingerprint density at radius 2 is 2.24 bits per heavy atom. The lowest BCUT2D eigenvalue weighted by atomic mass is 10.1. The maximum absolute atomic E-state index is 5.94. The Bertz CT molecular complexity index is 613. The number of aryl methyl sites for hydroxylation is 2. The molecule has 1 atom stereocenters. The third kappa shape index (κ3) is 2.99. The topological polar surface area (TPSA) is 39.1 Å². The average Bonchev–Trinajstić information content (AvgIpc) is 3.01. The lowest BCUT2D eigenvalue weighted by Crippen LogP contribution is -2.30. The van der Waals surface area contributed by atoms with Crippen molar-refractivity contribution in [2.75, 3.05) is 6.54 Å². The number of nitrogens with one attached hydrogen (secondary N) is 1. The SMILES string of the molecule is CCc1nn(C)c(CNCC2Cc3ccccc3O2)c1Br. The molecule has 112 valence electrons. The van der Waals surface area contributed by atoms with Gasteiger partial charge in [0.1, 0.15) is 11.9 Å². The molecule has 4 nitrogen and oxygen atoms in total. The van der Waals surface area contributed by atoms with E-state index in [-0.39, 0.29) is 6.10 Å². The molecule has 1 aliphatic rings. The molecule has 3 rings (SSSR count). The highest BCUT2D eigenvalue weighted by Gasteiger charge is 2.22. The van der Waals surface area contributed by atoms with Crippen molar-refractivity contribution >= 4 is 15.9 Å². The Morgan fingerprint density at radius 1 is 1.43 bits per heavy atom. The zero-order valence-corrected chi connectivity index (χ0v) is 14.0. The van der Waals surface area contributed by atoms with Gasteiger partial charge in [0.25, 0.3) is 0 Å². The quantitative estimate of drug-likeness (QED) is 0.901. The van der Waals surface area contributed by atoms with Gasteiger partial charge in [0.05, 0.1) is 15.9 Å². The van der Waals surface area contributed by atoms with Crippen molar-refractivity contribution in [1.29, 1.82) is 0 Å². The van der Waals surface area contributed by atoms with Gasteiger partial charge in [-0.2, -0.15) is 5.10 Å². The lowest BCUT2D eigenvalue weighted by molar-refractivity contribution is 0.227. The van der Waals surface area contributed by atoms with Crippen LogP contribution in [0.2, 0.25) is 0 Å². The standard InChI is InChI=1S/C16H20BrN3O/c1-3-13-16(17)14(20(2)19-13)10-18-9-12-8-11-6-4-5-7-15(11)21-12/h4-7,12,18H,3,8-10H2,1-2H3. The van der Waals surface area contributed by atoms with E-state index in [2.05, 4.69) is 45.4 Å². The highest BCUT2D eigenvalue weighted by Crippen LogP contribution is 2.28. The summed E-state index contributed by atoms with van der Waals surface area (Å²) in [4.78, 5) is 0. The molecule has 0 aliphatic carbocycles. The van der Waals surface area contributed by atoms with E-state index in [0.717, 1.165) is 41.8 Å². The summed E-state index contributed by atoms with van der Waals surface area (Å²) in [6.07, 6.45) is 2.14. The van der Waals surface area contributed by atoms with E-state index in [1.54, 1.807) is 0 Å². The van der Waals surface area contributed by atoms with Crippen LogP contribution in [0, 0.1) is 0 Å². The van der Waals surface area contributed by atoms with Crippen LogP contribution in [0.3, 0.4) is 0 Å². The first kappa shape index (κ1) is 14.6. The predicted octanol–water partition coefficient (Wildman–Crippen LogP) is 2.84. The third-order valence-corrected chi connectivity index (χ3v) is 4.80. The number of fused-ring (bicyclic) bond motifs is 1. The van der Waals surface area contributed by atoms with Crippen LogP contribution >= 0.6 is 15.9 Å². The van der Waals surface area contributed by atoms with Crippen LogP contribution in [0.25, 0.3) is 0 Å². The number of halogens is 1. The molecule has 0 saturated carbocycles. The van der Waals surface area contributed by atoms with Crippen LogP contribution in [0.4, 0.5) is 0 Å². The fourth-order valence-corrected chi connectivity index (χ4v) is 3.49. The highest BCUT2D eigenvalue weighted by molar-refractivity contribution is 9.10. The van der Waals surface area contributed by atoms with Gasteiger partial charge in [0, 0.05) is 26.6 Å². The first-order valence-corrected chi connectivity index (χ1v) is 8.13. The Balaban J connectivity index is 1.55. The van der Waals surface area contributed by atoms with Crippen LogP contribution < -0.4 is 10.1 Å². The number of ether oxygens (including phenoxy) is 1. The van der Waals surface area contributed by atoms with Crippen LogP contribution in [0.1, 0.15) is 23.9 Å². The van der Waals surface area contributed by atoms with Gasteiger partial charge in [0.2, 0.25) is 0 Å². The Hall–Kier alpha value is -1.33. The molecule has 2 aromatic rings. The first-order chi connectivity index (χ1) is 10.2. The largest absolute Gasteiger partial charge is 0.488 e. The molecule has 1 aliphatic heterocycles. The molecule has 0 amide bonds. The highest BCUT2D eigenvalue weighted by atomic mass is 79.9. The van der Waals surface area contributed by atoms with E-state index in [0.29, 0.717) is 0 Å². The maximum atomic E-state index is 5.94. The van der Waals surface area contributed by atoms with Gasteiger partial charge in [0.15, 0.2) is 0 Å². The summed E-state index contributed by atoms with van der Waals surface area (Å²) in [5.74, 6) is 1.03. The molecule has 1 N–H and O–H groups in total. The van der Waals surface area contributed by atoms with Crippen molar-refractivity contribution in [3.8, 4) is 5.75 Å². The summed E-state index contributed by atoms with van der Waals surface area (Å²) in [6.45, 7) is 3.75. The van der Waals surface area contributed by atoms with Crippen molar-refractivity contribution in [3.63, 3.8) is 0 Å². The Kier molecular flexibility index (Phi) is 4.31. The molecule has 1 unspecified atom stereocenters. The summed E-state index contributed by atoms with van der Waals surface area (Å²) in [7, 11) is 1.99. The number of nitrogens with zero attached hydrogens (tertiary/aromatic N) is 2. The second kappa shape index (κ2) is 6.20. The second-order valence-corrected chi connectivity index (χ2v) is 6.16.